The summed E-state index contributed by atoms with van der Waals surface area (Å²) in [6.07, 6.45) is 1.56. The summed E-state index contributed by atoms with van der Waals surface area (Å²) in [6.45, 7) is 3.77. The Labute approximate surface area is 116 Å². The number of halogens is 1. The van der Waals surface area contributed by atoms with Crippen LogP contribution in [0.3, 0.4) is 0 Å². The van der Waals surface area contributed by atoms with E-state index in [0.717, 1.165) is 11.1 Å². The third-order valence-corrected chi connectivity index (χ3v) is 3.17. The lowest BCUT2D eigenvalue weighted by Crippen LogP contribution is -2.14. The molecule has 4 nitrogen and oxygen atoms in total. The molecule has 5 heteroatoms. The number of amides is 1. The van der Waals surface area contributed by atoms with Crippen molar-refractivity contribution >= 4 is 28.9 Å². The largest absolute Gasteiger partial charge is 0.398 e. The van der Waals surface area contributed by atoms with Gasteiger partial charge in [0.2, 0.25) is 0 Å². The molecular formula is C14H14ClN3O. The third kappa shape index (κ3) is 2.85. The Morgan fingerprint density at radius 2 is 2.05 bits per heavy atom. The Kier molecular flexibility index (Phi) is 3.71. The van der Waals surface area contributed by atoms with Gasteiger partial charge >= 0.3 is 0 Å². The number of aryl methyl sites for hydroxylation is 2. The van der Waals surface area contributed by atoms with Crippen LogP contribution in [0.15, 0.2) is 30.5 Å². The summed E-state index contributed by atoms with van der Waals surface area (Å²) in [5.74, 6) is -0.251. The molecule has 0 saturated carbocycles. The van der Waals surface area contributed by atoms with Crippen LogP contribution >= 0.6 is 11.6 Å². The van der Waals surface area contributed by atoms with Crippen LogP contribution in [0, 0.1) is 13.8 Å². The summed E-state index contributed by atoms with van der Waals surface area (Å²) < 4.78 is 0. The second-order valence-corrected chi connectivity index (χ2v) is 4.68. The van der Waals surface area contributed by atoms with Gasteiger partial charge < -0.3 is 11.1 Å². The van der Waals surface area contributed by atoms with E-state index >= 15 is 0 Å². The number of carbonyl (C=O) groups excluding carboxylic acids is 1. The van der Waals surface area contributed by atoms with Crippen LogP contribution in [0.4, 0.5) is 11.4 Å². The number of benzene rings is 1. The smallest absolute Gasteiger partial charge is 0.256 e. The quantitative estimate of drug-likeness (QED) is 0.653. The minimum Gasteiger partial charge on any atom is -0.398 e. The SMILES string of the molecule is Cc1cc(C)c(C(=O)Nc2cccnc2Cl)cc1N. The van der Waals surface area contributed by atoms with Crippen molar-refractivity contribution in [3.05, 3.63) is 52.3 Å². The van der Waals surface area contributed by atoms with Crippen LogP contribution in [-0.4, -0.2) is 10.9 Å². The predicted molar refractivity (Wildman–Crippen MR) is 77.5 cm³/mol. The fourth-order valence-corrected chi connectivity index (χ4v) is 1.95. The van der Waals surface area contributed by atoms with Crippen molar-refractivity contribution < 1.29 is 4.79 Å². The molecule has 1 heterocycles. The van der Waals surface area contributed by atoms with Crippen LogP contribution in [-0.2, 0) is 0 Å². The van der Waals surface area contributed by atoms with E-state index in [1.807, 2.05) is 19.9 Å². The molecule has 3 N–H and O–H groups in total. The maximum Gasteiger partial charge on any atom is 0.256 e. The van der Waals surface area contributed by atoms with Crippen molar-refractivity contribution in [2.45, 2.75) is 13.8 Å². The van der Waals surface area contributed by atoms with Crippen LogP contribution in [0.1, 0.15) is 21.5 Å². The molecule has 0 aliphatic rings. The summed E-state index contributed by atoms with van der Waals surface area (Å²) >= 11 is 5.90. The molecule has 0 unspecified atom stereocenters. The molecule has 0 spiro atoms. The number of hydrogen-bond donors (Lipinski definition) is 2. The van der Waals surface area contributed by atoms with Gasteiger partial charge in [0.25, 0.3) is 5.91 Å². The highest BCUT2D eigenvalue weighted by Crippen LogP contribution is 2.21. The van der Waals surface area contributed by atoms with Gasteiger partial charge in [-0.05, 0) is 43.2 Å². The average Bonchev–Trinajstić information content (AvgIpc) is 2.36. The van der Waals surface area contributed by atoms with Crippen molar-refractivity contribution in [1.29, 1.82) is 0 Å². The summed E-state index contributed by atoms with van der Waals surface area (Å²) in [5.41, 5.74) is 9.25. The molecule has 1 aromatic heterocycles. The van der Waals surface area contributed by atoms with Crippen molar-refractivity contribution in [1.82, 2.24) is 4.98 Å². The maximum atomic E-state index is 12.2. The average molecular weight is 276 g/mol. The van der Waals surface area contributed by atoms with E-state index in [-0.39, 0.29) is 11.1 Å². The lowest BCUT2D eigenvalue weighted by atomic mass is 10.0. The monoisotopic (exact) mass is 275 g/mol. The van der Waals surface area contributed by atoms with Gasteiger partial charge in [-0.15, -0.1) is 0 Å². The van der Waals surface area contributed by atoms with E-state index in [4.69, 9.17) is 17.3 Å². The standard InChI is InChI=1S/C14H14ClN3O/c1-8-6-9(2)11(16)7-10(8)14(19)18-12-4-3-5-17-13(12)15/h3-7H,16H2,1-2H3,(H,18,19). The lowest BCUT2D eigenvalue weighted by Gasteiger charge is -2.10. The molecule has 0 saturated heterocycles. The second kappa shape index (κ2) is 5.28. The van der Waals surface area contributed by atoms with Gasteiger partial charge in [-0.2, -0.15) is 0 Å². The number of rotatable bonds is 2. The first-order valence-corrected chi connectivity index (χ1v) is 6.15. The Morgan fingerprint density at radius 1 is 1.32 bits per heavy atom. The highest BCUT2D eigenvalue weighted by Gasteiger charge is 2.12. The number of aromatic nitrogens is 1. The summed E-state index contributed by atoms with van der Waals surface area (Å²) in [7, 11) is 0. The fraction of sp³-hybridized carbons (Fsp3) is 0.143. The van der Waals surface area contributed by atoms with Crippen LogP contribution < -0.4 is 11.1 Å². The molecule has 98 valence electrons. The molecule has 0 aliphatic carbocycles. The second-order valence-electron chi connectivity index (χ2n) is 4.32. The zero-order chi connectivity index (χ0) is 14.0. The number of carbonyl (C=O) groups is 1. The Balaban J connectivity index is 2.31. The molecule has 0 atom stereocenters. The number of nitrogens with zero attached hydrogens (tertiary/aromatic N) is 1. The van der Waals surface area contributed by atoms with Gasteiger partial charge in [0.1, 0.15) is 0 Å². The molecule has 2 rings (SSSR count). The summed E-state index contributed by atoms with van der Waals surface area (Å²) in [6, 6.07) is 6.96. The van der Waals surface area contributed by atoms with E-state index < -0.39 is 0 Å². The lowest BCUT2D eigenvalue weighted by molar-refractivity contribution is 0.102. The van der Waals surface area contributed by atoms with Gasteiger partial charge in [0.15, 0.2) is 5.15 Å². The molecule has 0 bridgehead atoms. The van der Waals surface area contributed by atoms with Crippen LogP contribution in [0.25, 0.3) is 0 Å². The number of anilines is 2. The highest BCUT2D eigenvalue weighted by molar-refractivity contribution is 6.32. The third-order valence-electron chi connectivity index (χ3n) is 2.86. The summed E-state index contributed by atoms with van der Waals surface area (Å²) in [5, 5.41) is 2.98. The molecule has 2 aromatic rings. The van der Waals surface area contributed by atoms with Crippen molar-refractivity contribution in [2.24, 2.45) is 0 Å². The van der Waals surface area contributed by atoms with Gasteiger partial charge in [0.05, 0.1) is 5.69 Å². The Bertz CT molecular complexity index is 641. The number of nitrogens with two attached hydrogens (primary N) is 1. The molecule has 0 aliphatic heterocycles. The van der Waals surface area contributed by atoms with E-state index in [2.05, 4.69) is 10.3 Å². The predicted octanol–water partition coefficient (Wildman–Crippen LogP) is 3.19. The Hall–Kier alpha value is -2.07. The van der Waals surface area contributed by atoms with E-state index in [1.54, 1.807) is 24.4 Å². The zero-order valence-electron chi connectivity index (χ0n) is 10.7. The van der Waals surface area contributed by atoms with Crippen molar-refractivity contribution in [3.8, 4) is 0 Å². The first kappa shape index (κ1) is 13.4. The van der Waals surface area contributed by atoms with E-state index in [1.165, 1.54) is 0 Å². The first-order chi connectivity index (χ1) is 8.99. The molecule has 19 heavy (non-hydrogen) atoms. The minimum absolute atomic E-state index is 0.251. The van der Waals surface area contributed by atoms with Gasteiger partial charge in [-0.3, -0.25) is 4.79 Å². The zero-order valence-corrected chi connectivity index (χ0v) is 11.5. The minimum atomic E-state index is -0.251. The van der Waals surface area contributed by atoms with Gasteiger partial charge in [-0.25, -0.2) is 4.98 Å². The van der Waals surface area contributed by atoms with E-state index in [0.29, 0.717) is 16.9 Å². The Morgan fingerprint density at radius 3 is 2.74 bits per heavy atom. The normalized spacial score (nSPS) is 10.3. The first-order valence-electron chi connectivity index (χ1n) is 5.77. The molecular weight excluding hydrogens is 262 g/mol. The number of hydrogen-bond acceptors (Lipinski definition) is 3. The number of pyridine rings is 1. The van der Waals surface area contributed by atoms with E-state index in [9.17, 15) is 4.79 Å². The van der Waals surface area contributed by atoms with Gasteiger partial charge in [-0.1, -0.05) is 17.7 Å². The molecule has 0 fully saturated rings. The highest BCUT2D eigenvalue weighted by atomic mass is 35.5. The van der Waals surface area contributed by atoms with Gasteiger partial charge in [0, 0.05) is 17.4 Å². The van der Waals surface area contributed by atoms with Crippen LogP contribution in [0.5, 0.6) is 0 Å². The maximum absolute atomic E-state index is 12.2. The summed E-state index contributed by atoms with van der Waals surface area (Å²) in [4.78, 5) is 16.1. The van der Waals surface area contributed by atoms with Crippen molar-refractivity contribution in [3.63, 3.8) is 0 Å². The number of nitrogen functional groups attached to an aromatic ring is 1. The molecule has 1 aromatic carbocycles. The molecule has 1 amide bonds. The topological polar surface area (TPSA) is 68.0 Å². The molecule has 0 radical (unpaired) electrons. The fourth-order valence-electron chi connectivity index (χ4n) is 1.78. The number of nitrogens with one attached hydrogen (secondary N) is 1. The van der Waals surface area contributed by atoms with Crippen molar-refractivity contribution in [2.75, 3.05) is 11.1 Å². The van der Waals surface area contributed by atoms with Crippen LogP contribution in [0.2, 0.25) is 5.15 Å².